The molecule has 0 aromatic heterocycles. The molecule has 1 amide bonds. The highest BCUT2D eigenvalue weighted by atomic mass is 79.9. The molecule has 2 aromatic rings. The summed E-state index contributed by atoms with van der Waals surface area (Å²) in [7, 11) is 0. The van der Waals surface area contributed by atoms with Crippen molar-refractivity contribution in [3.05, 3.63) is 67.2 Å². The summed E-state index contributed by atoms with van der Waals surface area (Å²) >= 11 is 8.08. The molecule has 128 valence electrons. The van der Waals surface area contributed by atoms with Gasteiger partial charge in [0.25, 0.3) is 5.91 Å². The largest absolute Gasteiger partial charge is 0.487 e. The minimum absolute atomic E-state index is 0.244. The van der Waals surface area contributed by atoms with Gasteiger partial charge in [0.05, 0.1) is 13.9 Å². The SMILES string of the molecule is NC1=NC(=O)/C(=C\c2cc(Br)c(OCc3ccc(F)cc3)c(Br)c2)S1. The minimum atomic E-state index is -0.341. The fourth-order valence-electron chi connectivity index (χ4n) is 2.11. The highest BCUT2D eigenvalue weighted by molar-refractivity contribution is 9.11. The quantitative estimate of drug-likeness (QED) is 0.628. The van der Waals surface area contributed by atoms with Gasteiger partial charge in [0, 0.05) is 0 Å². The highest BCUT2D eigenvalue weighted by Gasteiger charge is 2.20. The lowest BCUT2D eigenvalue weighted by Gasteiger charge is -2.11. The van der Waals surface area contributed by atoms with Crippen molar-refractivity contribution >= 4 is 60.8 Å². The van der Waals surface area contributed by atoms with Gasteiger partial charge >= 0.3 is 0 Å². The molecule has 0 bridgehead atoms. The van der Waals surface area contributed by atoms with Gasteiger partial charge in [-0.1, -0.05) is 12.1 Å². The molecular formula is C17H11Br2FN2O2S. The monoisotopic (exact) mass is 484 g/mol. The first-order chi connectivity index (χ1) is 11.9. The molecule has 3 rings (SSSR count). The second-order valence-corrected chi connectivity index (χ2v) is 7.87. The Morgan fingerprint density at radius 1 is 1.20 bits per heavy atom. The summed E-state index contributed by atoms with van der Waals surface area (Å²) in [6, 6.07) is 9.79. The van der Waals surface area contributed by atoms with Crippen molar-refractivity contribution in [2.45, 2.75) is 6.61 Å². The number of aliphatic imine (C=N–C) groups is 1. The molecule has 0 fully saturated rings. The lowest BCUT2D eigenvalue weighted by molar-refractivity contribution is -0.113. The van der Waals surface area contributed by atoms with Gasteiger partial charge in [0.2, 0.25) is 0 Å². The summed E-state index contributed by atoms with van der Waals surface area (Å²) < 4.78 is 20.2. The molecule has 25 heavy (non-hydrogen) atoms. The van der Waals surface area contributed by atoms with Crippen LogP contribution in [0.1, 0.15) is 11.1 Å². The number of nitrogens with two attached hydrogens (primary N) is 1. The maximum absolute atomic E-state index is 12.9. The second-order valence-electron chi connectivity index (χ2n) is 5.09. The zero-order valence-electron chi connectivity index (χ0n) is 12.6. The molecular weight excluding hydrogens is 475 g/mol. The third-order valence-corrected chi connectivity index (χ3v) is 5.24. The highest BCUT2D eigenvalue weighted by Crippen LogP contribution is 2.37. The van der Waals surface area contributed by atoms with Gasteiger partial charge in [-0.25, -0.2) is 4.39 Å². The topological polar surface area (TPSA) is 64.7 Å². The summed E-state index contributed by atoms with van der Waals surface area (Å²) in [5, 5.41) is 0.244. The fraction of sp³-hybridized carbons (Fsp3) is 0.0588. The van der Waals surface area contributed by atoms with Crippen LogP contribution >= 0.6 is 43.6 Å². The number of hydrogen-bond donors (Lipinski definition) is 1. The zero-order chi connectivity index (χ0) is 18.0. The maximum atomic E-state index is 12.9. The lowest BCUT2D eigenvalue weighted by Crippen LogP contribution is -2.01. The number of rotatable bonds is 4. The molecule has 8 heteroatoms. The van der Waals surface area contributed by atoms with E-state index in [1.54, 1.807) is 18.2 Å². The van der Waals surface area contributed by atoms with E-state index < -0.39 is 0 Å². The van der Waals surface area contributed by atoms with E-state index in [4.69, 9.17) is 10.5 Å². The summed E-state index contributed by atoms with van der Waals surface area (Å²) in [4.78, 5) is 15.8. The molecule has 4 nitrogen and oxygen atoms in total. The Hall–Kier alpha value is -1.64. The van der Waals surface area contributed by atoms with Crippen molar-refractivity contribution in [2.24, 2.45) is 10.7 Å². The smallest absolute Gasteiger partial charge is 0.286 e. The Kier molecular flexibility index (Phi) is 5.61. The summed E-state index contributed by atoms with van der Waals surface area (Å²) in [6.07, 6.45) is 1.72. The molecule has 0 unspecified atom stereocenters. The van der Waals surface area contributed by atoms with E-state index in [-0.39, 0.29) is 16.9 Å². The third kappa shape index (κ3) is 4.50. The minimum Gasteiger partial charge on any atom is -0.487 e. The number of thioether (sulfide) groups is 1. The molecule has 0 saturated heterocycles. The van der Waals surface area contributed by atoms with Crippen molar-refractivity contribution in [2.75, 3.05) is 0 Å². The van der Waals surface area contributed by atoms with Gasteiger partial charge in [-0.2, -0.15) is 4.99 Å². The van der Waals surface area contributed by atoms with Crippen molar-refractivity contribution in [1.29, 1.82) is 0 Å². The van der Waals surface area contributed by atoms with Crippen LogP contribution in [0.2, 0.25) is 0 Å². The Morgan fingerprint density at radius 2 is 1.84 bits per heavy atom. The number of ether oxygens (including phenoxy) is 1. The average molecular weight is 486 g/mol. The van der Waals surface area contributed by atoms with Gasteiger partial charge in [-0.3, -0.25) is 4.79 Å². The summed E-state index contributed by atoms with van der Waals surface area (Å²) in [5.74, 6) is -0.00790. The number of hydrogen-bond acceptors (Lipinski definition) is 4. The summed E-state index contributed by atoms with van der Waals surface area (Å²) in [6.45, 7) is 0.302. The third-order valence-electron chi connectivity index (χ3n) is 3.25. The standard InChI is InChI=1S/C17H11Br2FN2O2S/c18-12-5-10(7-14-16(23)22-17(21)25-14)6-13(19)15(12)24-8-9-1-3-11(20)4-2-9/h1-7H,8H2,(H2,21,22,23)/b14-7+. The molecule has 0 spiro atoms. The van der Waals surface area contributed by atoms with Crippen molar-refractivity contribution in [3.8, 4) is 5.75 Å². The van der Waals surface area contributed by atoms with Gasteiger partial charge in [-0.05, 0) is 85.1 Å². The normalized spacial score (nSPS) is 15.6. The van der Waals surface area contributed by atoms with E-state index >= 15 is 0 Å². The Labute approximate surface area is 164 Å². The zero-order valence-corrected chi connectivity index (χ0v) is 16.6. The van der Waals surface area contributed by atoms with Crippen LogP contribution < -0.4 is 10.5 Å². The average Bonchev–Trinajstić information content (AvgIpc) is 2.86. The number of halogens is 3. The van der Waals surface area contributed by atoms with Gasteiger partial charge < -0.3 is 10.5 Å². The lowest BCUT2D eigenvalue weighted by atomic mass is 10.2. The number of amides is 1. The van der Waals surface area contributed by atoms with Crippen LogP contribution in [0, 0.1) is 5.82 Å². The van der Waals surface area contributed by atoms with Crippen LogP contribution in [0.4, 0.5) is 4.39 Å². The van der Waals surface area contributed by atoms with E-state index in [0.29, 0.717) is 17.3 Å². The first-order valence-corrected chi connectivity index (χ1v) is 9.47. The van der Waals surface area contributed by atoms with Gasteiger partial charge in [0.15, 0.2) is 5.17 Å². The van der Waals surface area contributed by atoms with E-state index in [1.807, 2.05) is 12.1 Å². The van der Waals surface area contributed by atoms with Crippen LogP contribution in [0.5, 0.6) is 5.75 Å². The Bertz CT molecular complexity index is 875. The fourth-order valence-corrected chi connectivity index (χ4v) is 4.25. The van der Waals surface area contributed by atoms with Crippen molar-refractivity contribution < 1.29 is 13.9 Å². The number of carbonyl (C=O) groups excluding carboxylic acids is 1. The van der Waals surface area contributed by atoms with Crippen LogP contribution in [-0.4, -0.2) is 11.1 Å². The molecule has 0 radical (unpaired) electrons. The van der Waals surface area contributed by atoms with Crippen LogP contribution in [0.15, 0.2) is 55.2 Å². The van der Waals surface area contributed by atoms with Crippen LogP contribution in [0.25, 0.3) is 6.08 Å². The summed E-state index contributed by atoms with van der Waals surface area (Å²) in [5.41, 5.74) is 7.20. The van der Waals surface area contributed by atoms with Crippen LogP contribution in [0.3, 0.4) is 0 Å². The molecule has 0 atom stereocenters. The first-order valence-electron chi connectivity index (χ1n) is 7.06. The van der Waals surface area contributed by atoms with Crippen LogP contribution in [-0.2, 0) is 11.4 Å². The van der Waals surface area contributed by atoms with E-state index in [9.17, 15) is 9.18 Å². The number of carbonyl (C=O) groups is 1. The maximum Gasteiger partial charge on any atom is 0.286 e. The van der Waals surface area contributed by atoms with E-state index in [1.165, 1.54) is 12.1 Å². The Balaban J connectivity index is 1.77. The van der Waals surface area contributed by atoms with E-state index in [0.717, 1.165) is 31.8 Å². The molecule has 2 N–H and O–H groups in total. The predicted molar refractivity (Wildman–Crippen MR) is 105 cm³/mol. The number of amidine groups is 1. The van der Waals surface area contributed by atoms with E-state index in [2.05, 4.69) is 36.9 Å². The number of benzene rings is 2. The van der Waals surface area contributed by atoms with Gasteiger partial charge in [-0.15, -0.1) is 0 Å². The van der Waals surface area contributed by atoms with Gasteiger partial charge in [0.1, 0.15) is 18.2 Å². The molecule has 2 aromatic carbocycles. The molecule has 1 aliphatic rings. The number of nitrogens with zero attached hydrogens (tertiary/aromatic N) is 1. The van der Waals surface area contributed by atoms with Crippen molar-refractivity contribution in [1.82, 2.24) is 0 Å². The second kappa shape index (κ2) is 7.72. The molecule has 1 heterocycles. The molecule has 0 aliphatic carbocycles. The Morgan fingerprint density at radius 3 is 2.40 bits per heavy atom. The van der Waals surface area contributed by atoms with Crippen molar-refractivity contribution in [3.63, 3.8) is 0 Å². The molecule has 0 saturated carbocycles. The first kappa shape index (κ1) is 18.2. The predicted octanol–water partition coefficient (Wildman–Crippen LogP) is 4.86. The molecule has 1 aliphatic heterocycles.